The molecule has 2 aromatic carbocycles. The lowest BCUT2D eigenvalue weighted by atomic mass is 10.0. The quantitative estimate of drug-likeness (QED) is 0.290. The van der Waals surface area contributed by atoms with Gasteiger partial charge in [0.05, 0.1) is 30.4 Å². The predicted octanol–water partition coefficient (Wildman–Crippen LogP) is 5.48. The molecule has 1 amide bonds. The molecule has 6 nitrogen and oxygen atoms in total. The fourth-order valence-corrected chi connectivity index (χ4v) is 4.92. The van der Waals surface area contributed by atoms with E-state index in [2.05, 4.69) is 13.0 Å². The zero-order valence-electron chi connectivity index (χ0n) is 19.5. The van der Waals surface area contributed by atoms with E-state index in [0.29, 0.717) is 29.0 Å². The molecule has 0 saturated carbocycles. The van der Waals surface area contributed by atoms with Gasteiger partial charge in [-0.3, -0.25) is 9.69 Å². The van der Waals surface area contributed by atoms with Crippen LogP contribution in [0.25, 0.3) is 23.0 Å². The largest absolute Gasteiger partial charge is 0.493 e. The van der Waals surface area contributed by atoms with Gasteiger partial charge in [0.2, 0.25) is 0 Å². The van der Waals surface area contributed by atoms with Gasteiger partial charge in [-0.2, -0.15) is 5.10 Å². The van der Waals surface area contributed by atoms with Crippen LogP contribution < -0.4 is 4.74 Å². The molecule has 1 aromatic heterocycles. The Morgan fingerprint density at radius 1 is 1.15 bits per heavy atom. The summed E-state index contributed by atoms with van der Waals surface area (Å²) in [4.78, 5) is 15.2. The summed E-state index contributed by atoms with van der Waals surface area (Å²) in [5.41, 5.74) is 4.57. The van der Waals surface area contributed by atoms with Crippen LogP contribution in [-0.2, 0) is 9.53 Å². The Labute approximate surface area is 209 Å². The number of benzene rings is 2. The maximum atomic E-state index is 13.0. The number of rotatable bonds is 9. The summed E-state index contributed by atoms with van der Waals surface area (Å²) < 4.78 is 13.3. The van der Waals surface area contributed by atoms with E-state index in [1.54, 1.807) is 12.0 Å². The maximum absolute atomic E-state index is 13.0. The first-order valence-electron chi connectivity index (χ1n) is 11.1. The van der Waals surface area contributed by atoms with Gasteiger partial charge in [-0.05, 0) is 55.3 Å². The summed E-state index contributed by atoms with van der Waals surface area (Å²) in [7, 11) is 1.61. The molecule has 34 heavy (non-hydrogen) atoms. The van der Waals surface area contributed by atoms with Crippen molar-refractivity contribution in [1.82, 2.24) is 14.7 Å². The molecule has 4 rings (SSSR count). The van der Waals surface area contributed by atoms with Crippen LogP contribution in [0, 0.1) is 6.92 Å². The van der Waals surface area contributed by atoms with Crippen molar-refractivity contribution in [2.24, 2.45) is 0 Å². The fourth-order valence-electron chi connectivity index (χ4n) is 3.62. The minimum absolute atomic E-state index is 0.107. The van der Waals surface area contributed by atoms with Crippen LogP contribution in [0.3, 0.4) is 0 Å². The number of hydrogen-bond acceptors (Lipinski definition) is 6. The molecule has 0 spiro atoms. The van der Waals surface area contributed by atoms with E-state index in [-0.39, 0.29) is 5.91 Å². The van der Waals surface area contributed by atoms with Gasteiger partial charge in [-0.15, -0.1) is 0 Å². The first-order valence-corrected chi connectivity index (χ1v) is 12.4. The first kappa shape index (κ1) is 24.2. The molecule has 0 radical (unpaired) electrons. The number of carbonyl (C=O) groups excluding carboxylic acids is 1. The summed E-state index contributed by atoms with van der Waals surface area (Å²) in [6.07, 6.45) is 4.78. The normalized spacial score (nSPS) is 14.9. The smallest absolute Gasteiger partial charge is 0.266 e. The van der Waals surface area contributed by atoms with E-state index in [1.165, 1.54) is 11.8 Å². The number of aromatic nitrogens is 2. The molecule has 3 aromatic rings. The van der Waals surface area contributed by atoms with Gasteiger partial charge >= 0.3 is 0 Å². The zero-order chi connectivity index (χ0) is 24.1. The van der Waals surface area contributed by atoms with Crippen LogP contribution in [-0.4, -0.2) is 51.8 Å². The number of carbonyl (C=O) groups is 1. The SMILES string of the molecule is CCCOc1ccc(-c2nn(-c3ccccc3)cc2/C=C2\SC(=S)N(CCOC)C2=O)cc1C. The molecule has 1 aliphatic rings. The molecule has 0 unspecified atom stereocenters. The highest BCUT2D eigenvalue weighted by Crippen LogP contribution is 2.35. The minimum atomic E-state index is -0.107. The highest BCUT2D eigenvalue weighted by Gasteiger charge is 2.32. The highest BCUT2D eigenvalue weighted by atomic mass is 32.2. The molecule has 0 atom stereocenters. The van der Waals surface area contributed by atoms with Gasteiger partial charge in [0.25, 0.3) is 5.91 Å². The molecular formula is C26H27N3O3S2. The van der Waals surface area contributed by atoms with Crippen molar-refractivity contribution in [2.75, 3.05) is 26.9 Å². The number of methoxy groups -OCH3 is 1. The van der Waals surface area contributed by atoms with Crippen LogP contribution >= 0.6 is 24.0 Å². The molecule has 0 aliphatic carbocycles. The second-order valence-corrected chi connectivity index (χ2v) is 9.54. The first-order chi connectivity index (χ1) is 16.5. The van der Waals surface area contributed by atoms with Crippen molar-refractivity contribution < 1.29 is 14.3 Å². The maximum Gasteiger partial charge on any atom is 0.266 e. The molecule has 0 bridgehead atoms. The topological polar surface area (TPSA) is 56.6 Å². The molecule has 1 saturated heterocycles. The second kappa shape index (κ2) is 11.0. The van der Waals surface area contributed by atoms with Gasteiger partial charge in [0, 0.05) is 24.4 Å². The molecule has 176 valence electrons. The molecule has 1 fully saturated rings. The average molecular weight is 494 g/mol. The average Bonchev–Trinajstić information content (AvgIpc) is 3.38. The van der Waals surface area contributed by atoms with Crippen LogP contribution in [0.1, 0.15) is 24.5 Å². The van der Waals surface area contributed by atoms with E-state index in [0.717, 1.165) is 40.2 Å². The Bertz CT molecular complexity index is 1220. The summed E-state index contributed by atoms with van der Waals surface area (Å²) in [6, 6.07) is 16.0. The van der Waals surface area contributed by atoms with E-state index >= 15 is 0 Å². The van der Waals surface area contributed by atoms with Crippen molar-refractivity contribution >= 4 is 40.3 Å². The van der Waals surface area contributed by atoms with Crippen molar-refractivity contribution in [3.05, 3.63) is 70.8 Å². The van der Waals surface area contributed by atoms with Crippen molar-refractivity contribution in [1.29, 1.82) is 0 Å². The monoisotopic (exact) mass is 493 g/mol. The number of ether oxygens (including phenoxy) is 2. The number of amides is 1. The number of nitrogens with zero attached hydrogens (tertiary/aromatic N) is 3. The minimum Gasteiger partial charge on any atom is -0.493 e. The molecule has 1 aliphatic heterocycles. The Kier molecular flexibility index (Phi) is 7.82. The molecule has 8 heteroatoms. The van der Waals surface area contributed by atoms with E-state index in [9.17, 15) is 4.79 Å². The summed E-state index contributed by atoms with van der Waals surface area (Å²) in [5.74, 6) is 0.763. The Morgan fingerprint density at radius 2 is 1.94 bits per heavy atom. The van der Waals surface area contributed by atoms with Crippen molar-refractivity contribution in [3.63, 3.8) is 0 Å². The lowest BCUT2D eigenvalue weighted by molar-refractivity contribution is -0.122. The Balaban J connectivity index is 1.74. The standard InChI is InChI=1S/C26H27N3O3S2/c1-4-13-32-22-11-10-19(15-18(22)2)24-20(17-29(27-24)21-8-6-5-7-9-21)16-23-25(30)28(12-14-31-3)26(33)34-23/h5-11,15-17H,4,12-14H2,1-3H3/b23-16-. The molecular weight excluding hydrogens is 466 g/mol. The van der Waals surface area contributed by atoms with Gasteiger partial charge in [-0.25, -0.2) is 4.68 Å². The molecule has 0 N–H and O–H groups in total. The van der Waals surface area contributed by atoms with E-state index in [4.69, 9.17) is 26.8 Å². The van der Waals surface area contributed by atoms with E-state index in [1.807, 2.05) is 66.3 Å². The van der Waals surface area contributed by atoms with Gasteiger partial charge < -0.3 is 9.47 Å². The molecule has 2 heterocycles. The Hall–Kier alpha value is -2.94. The van der Waals surface area contributed by atoms with Gasteiger partial charge in [0.1, 0.15) is 15.8 Å². The van der Waals surface area contributed by atoms with Crippen molar-refractivity contribution in [2.45, 2.75) is 20.3 Å². The number of aryl methyl sites for hydroxylation is 1. The van der Waals surface area contributed by atoms with Crippen LogP contribution in [0.5, 0.6) is 5.75 Å². The van der Waals surface area contributed by atoms with Crippen LogP contribution in [0.4, 0.5) is 0 Å². The van der Waals surface area contributed by atoms with Gasteiger partial charge in [0.15, 0.2) is 0 Å². The van der Waals surface area contributed by atoms with Crippen LogP contribution in [0.2, 0.25) is 0 Å². The lowest BCUT2D eigenvalue weighted by Crippen LogP contribution is -2.31. The third-order valence-corrected chi connectivity index (χ3v) is 6.73. The highest BCUT2D eigenvalue weighted by molar-refractivity contribution is 8.26. The summed E-state index contributed by atoms with van der Waals surface area (Å²) in [6.45, 7) is 5.67. The number of hydrogen-bond donors (Lipinski definition) is 0. The fraction of sp³-hybridized carbons (Fsp3) is 0.269. The summed E-state index contributed by atoms with van der Waals surface area (Å²) >= 11 is 6.74. The third kappa shape index (κ3) is 5.24. The number of para-hydroxylation sites is 1. The Morgan fingerprint density at radius 3 is 2.65 bits per heavy atom. The second-order valence-electron chi connectivity index (χ2n) is 7.87. The number of thioether (sulfide) groups is 1. The summed E-state index contributed by atoms with van der Waals surface area (Å²) in [5, 5.41) is 4.88. The van der Waals surface area contributed by atoms with E-state index < -0.39 is 0 Å². The van der Waals surface area contributed by atoms with Crippen LogP contribution in [0.15, 0.2) is 59.6 Å². The number of thiocarbonyl (C=S) groups is 1. The van der Waals surface area contributed by atoms with Gasteiger partial charge in [-0.1, -0.05) is 49.1 Å². The third-order valence-electron chi connectivity index (χ3n) is 5.35. The predicted molar refractivity (Wildman–Crippen MR) is 141 cm³/mol. The zero-order valence-corrected chi connectivity index (χ0v) is 21.1. The lowest BCUT2D eigenvalue weighted by Gasteiger charge is -2.12. The van der Waals surface area contributed by atoms with Crippen molar-refractivity contribution in [3.8, 4) is 22.7 Å².